The highest BCUT2D eigenvalue weighted by Gasteiger charge is 2.33. The Bertz CT molecular complexity index is 663. The topological polar surface area (TPSA) is 52.6 Å². The molecule has 1 atom stereocenters. The first-order valence-corrected chi connectivity index (χ1v) is 7.25. The first-order valence-electron chi connectivity index (χ1n) is 7.25. The molecule has 0 spiro atoms. The van der Waals surface area contributed by atoms with Gasteiger partial charge in [-0.1, -0.05) is 30.3 Å². The van der Waals surface area contributed by atoms with Crippen LogP contribution in [-0.2, 0) is 0 Å². The molecule has 21 heavy (non-hydrogen) atoms. The van der Waals surface area contributed by atoms with E-state index in [4.69, 9.17) is 0 Å². The monoisotopic (exact) mass is 284 g/mol. The third-order valence-electron chi connectivity index (χ3n) is 4.10. The van der Waals surface area contributed by atoms with E-state index < -0.39 is 5.60 Å². The van der Waals surface area contributed by atoms with Crippen LogP contribution in [0.5, 0.6) is 0 Å². The molecule has 1 unspecified atom stereocenters. The van der Waals surface area contributed by atoms with Crippen LogP contribution in [0.25, 0.3) is 10.8 Å². The van der Waals surface area contributed by atoms with Crippen LogP contribution in [0.4, 0.5) is 0 Å². The van der Waals surface area contributed by atoms with Crippen LogP contribution in [0.1, 0.15) is 16.8 Å². The minimum Gasteiger partial charge on any atom is -0.387 e. The van der Waals surface area contributed by atoms with Crippen molar-refractivity contribution < 1.29 is 9.90 Å². The van der Waals surface area contributed by atoms with Crippen molar-refractivity contribution in [2.45, 2.75) is 12.0 Å². The first-order chi connectivity index (χ1) is 10.1. The van der Waals surface area contributed by atoms with Crippen molar-refractivity contribution in [2.24, 2.45) is 0 Å². The van der Waals surface area contributed by atoms with Gasteiger partial charge in [0.1, 0.15) is 0 Å². The Morgan fingerprint density at radius 2 is 2.05 bits per heavy atom. The van der Waals surface area contributed by atoms with Gasteiger partial charge in [0.05, 0.1) is 12.1 Å². The minimum atomic E-state index is -0.804. The van der Waals surface area contributed by atoms with Gasteiger partial charge in [-0.2, -0.15) is 0 Å². The molecule has 0 bridgehead atoms. The van der Waals surface area contributed by atoms with E-state index in [1.54, 1.807) is 11.9 Å². The highest BCUT2D eigenvalue weighted by molar-refractivity contribution is 5.98. The quantitative estimate of drug-likeness (QED) is 0.901. The highest BCUT2D eigenvalue weighted by Crippen LogP contribution is 2.19. The summed E-state index contributed by atoms with van der Waals surface area (Å²) in [5.41, 5.74) is -0.146. The van der Waals surface area contributed by atoms with E-state index in [-0.39, 0.29) is 5.91 Å². The molecule has 1 fully saturated rings. The molecule has 1 heterocycles. The maximum Gasteiger partial charge on any atom is 0.253 e. The molecule has 1 amide bonds. The average Bonchev–Trinajstić information content (AvgIpc) is 2.92. The number of hydrogen-bond donors (Lipinski definition) is 2. The van der Waals surface area contributed by atoms with Crippen molar-refractivity contribution >= 4 is 16.7 Å². The number of fused-ring (bicyclic) bond motifs is 1. The predicted molar refractivity (Wildman–Crippen MR) is 83.3 cm³/mol. The molecular weight excluding hydrogens is 264 g/mol. The Balaban J connectivity index is 1.79. The van der Waals surface area contributed by atoms with Crippen molar-refractivity contribution in [3.8, 4) is 0 Å². The standard InChI is InChI=1S/C17H20N2O2/c1-19(12-17(21)8-9-18-11-17)16(20)15-7-6-13-4-2-3-5-14(13)10-15/h2-7,10,18,21H,8-9,11-12H2,1H3. The van der Waals surface area contributed by atoms with E-state index in [2.05, 4.69) is 5.32 Å². The van der Waals surface area contributed by atoms with Crippen molar-refractivity contribution in [3.05, 3.63) is 48.0 Å². The maximum absolute atomic E-state index is 12.5. The van der Waals surface area contributed by atoms with Crippen molar-refractivity contribution in [3.63, 3.8) is 0 Å². The molecule has 0 aromatic heterocycles. The first kappa shape index (κ1) is 14.0. The third kappa shape index (κ3) is 2.91. The summed E-state index contributed by atoms with van der Waals surface area (Å²) >= 11 is 0. The van der Waals surface area contributed by atoms with Gasteiger partial charge < -0.3 is 15.3 Å². The lowest BCUT2D eigenvalue weighted by Crippen LogP contribution is -2.45. The van der Waals surface area contributed by atoms with Crippen LogP contribution in [0.15, 0.2) is 42.5 Å². The van der Waals surface area contributed by atoms with Crippen LogP contribution < -0.4 is 5.32 Å². The van der Waals surface area contributed by atoms with Crippen molar-refractivity contribution in [1.29, 1.82) is 0 Å². The summed E-state index contributed by atoms with van der Waals surface area (Å²) in [6, 6.07) is 13.7. The summed E-state index contributed by atoms with van der Waals surface area (Å²) in [6.45, 7) is 1.70. The molecule has 4 nitrogen and oxygen atoms in total. The number of likely N-dealkylation sites (N-methyl/N-ethyl adjacent to an activating group) is 1. The van der Waals surface area contributed by atoms with E-state index >= 15 is 0 Å². The van der Waals surface area contributed by atoms with Gasteiger partial charge in [0, 0.05) is 19.2 Å². The van der Waals surface area contributed by atoms with E-state index in [0.717, 1.165) is 17.3 Å². The zero-order valence-corrected chi connectivity index (χ0v) is 12.2. The van der Waals surface area contributed by atoms with Crippen molar-refractivity contribution in [1.82, 2.24) is 10.2 Å². The summed E-state index contributed by atoms with van der Waals surface area (Å²) < 4.78 is 0. The number of amides is 1. The SMILES string of the molecule is CN(CC1(O)CCNC1)C(=O)c1ccc2ccccc2c1. The number of nitrogens with one attached hydrogen (secondary N) is 1. The molecule has 1 aliphatic heterocycles. The zero-order valence-electron chi connectivity index (χ0n) is 12.2. The Morgan fingerprint density at radius 3 is 2.76 bits per heavy atom. The Hall–Kier alpha value is -1.91. The second-order valence-corrected chi connectivity index (χ2v) is 5.87. The average molecular weight is 284 g/mol. The number of rotatable bonds is 3. The lowest BCUT2D eigenvalue weighted by Gasteiger charge is -2.28. The summed E-state index contributed by atoms with van der Waals surface area (Å²) in [5, 5.41) is 15.7. The van der Waals surface area contributed by atoms with Gasteiger partial charge >= 0.3 is 0 Å². The molecule has 2 aromatic carbocycles. The van der Waals surface area contributed by atoms with Gasteiger partial charge in [0.25, 0.3) is 5.91 Å². The fraction of sp³-hybridized carbons (Fsp3) is 0.353. The smallest absolute Gasteiger partial charge is 0.253 e. The van der Waals surface area contributed by atoms with Crippen LogP contribution in [-0.4, -0.2) is 48.2 Å². The molecule has 1 saturated heterocycles. The Labute approximate surface area is 124 Å². The lowest BCUT2D eigenvalue weighted by molar-refractivity contribution is 0.0252. The molecule has 3 rings (SSSR count). The van der Waals surface area contributed by atoms with Gasteiger partial charge in [-0.15, -0.1) is 0 Å². The maximum atomic E-state index is 12.5. The van der Waals surface area contributed by atoms with Crippen molar-refractivity contribution in [2.75, 3.05) is 26.7 Å². The molecule has 2 N–H and O–H groups in total. The summed E-state index contributed by atoms with van der Waals surface area (Å²) in [4.78, 5) is 14.1. The Kier molecular flexibility index (Phi) is 3.66. The van der Waals surface area contributed by atoms with Crippen LogP contribution in [0, 0.1) is 0 Å². The molecule has 0 saturated carbocycles. The largest absolute Gasteiger partial charge is 0.387 e. The third-order valence-corrected chi connectivity index (χ3v) is 4.10. The highest BCUT2D eigenvalue weighted by atomic mass is 16.3. The zero-order chi connectivity index (χ0) is 14.9. The summed E-state index contributed by atoms with van der Waals surface area (Å²) in [7, 11) is 1.74. The number of hydrogen-bond acceptors (Lipinski definition) is 3. The van der Waals surface area contributed by atoms with Gasteiger partial charge in [0.2, 0.25) is 0 Å². The second kappa shape index (κ2) is 5.47. The molecule has 0 radical (unpaired) electrons. The molecular formula is C17H20N2O2. The van der Waals surface area contributed by atoms with Gasteiger partial charge in [-0.3, -0.25) is 4.79 Å². The van der Waals surface area contributed by atoms with Gasteiger partial charge in [-0.25, -0.2) is 0 Å². The molecule has 2 aromatic rings. The van der Waals surface area contributed by atoms with Crippen LogP contribution >= 0.6 is 0 Å². The predicted octanol–water partition coefficient (Wildman–Crippen LogP) is 1.64. The number of carbonyl (C=O) groups excluding carboxylic acids is 1. The van der Waals surface area contributed by atoms with E-state index in [1.165, 1.54) is 0 Å². The van der Waals surface area contributed by atoms with E-state index in [9.17, 15) is 9.90 Å². The van der Waals surface area contributed by atoms with Gasteiger partial charge in [0.15, 0.2) is 0 Å². The summed E-state index contributed by atoms with van der Waals surface area (Å²) in [6.07, 6.45) is 0.683. The number of aliphatic hydroxyl groups is 1. The summed E-state index contributed by atoms with van der Waals surface area (Å²) in [5.74, 6) is -0.0546. The van der Waals surface area contributed by atoms with Crippen LogP contribution in [0.3, 0.4) is 0 Å². The van der Waals surface area contributed by atoms with Crippen LogP contribution in [0.2, 0.25) is 0 Å². The number of nitrogens with zero attached hydrogens (tertiary/aromatic N) is 1. The fourth-order valence-corrected chi connectivity index (χ4v) is 2.92. The molecule has 110 valence electrons. The molecule has 4 heteroatoms. The number of carbonyl (C=O) groups is 1. The molecule has 1 aliphatic rings. The minimum absolute atomic E-state index is 0.0546. The number of β-amino-alcohol motifs (C(OH)–C–C–N with tert-alkyl or cyclic N) is 1. The normalized spacial score (nSPS) is 21.6. The molecule has 0 aliphatic carbocycles. The van der Waals surface area contributed by atoms with E-state index in [1.807, 2.05) is 42.5 Å². The second-order valence-electron chi connectivity index (χ2n) is 5.87. The lowest BCUT2D eigenvalue weighted by atomic mass is 10.0. The van der Waals surface area contributed by atoms with Gasteiger partial charge in [-0.05, 0) is 35.9 Å². The number of benzene rings is 2. The fourth-order valence-electron chi connectivity index (χ4n) is 2.92. The Morgan fingerprint density at radius 1 is 1.29 bits per heavy atom. The van der Waals surface area contributed by atoms with E-state index in [0.29, 0.717) is 25.1 Å².